The zero-order valence-corrected chi connectivity index (χ0v) is 22.0. The van der Waals surface area contributed by atoms with Gasteiger partial charge in [0.1, 0.15) is 6.04 Å². The van der Waals surface area contributed by atoms with Crippen LogP contribution in [0.25, 0.3) is 0 Å². The number of amides is 3. The first-order chi connectivity index (χ1) is 17.3. The van der Waals surface area contributed by atoms with Crippen molar-refractivity contribution >= 4 is 35.2 Å². The highest BCUT2D eigenvalue weighted by molar-refractivity contribution is 8.02. The molecule has 1 unspecified atom stereocenters. The molecule has 2 saturated heterocycles. The number of rotatable bonds is 6. The molecule has 1 spiro atoms. The van der Waals surface area contributed by atoms with Crippen LogP contribution in [0.5, 0.6) is 0 Å². The number of fused-ring (bicyclic) bond motifs is 2. The Hall–Kier alpha value is -2.58. The minimum Gasteiger partial charge on any atom is -0.396 e. The number of anilines is 1. The Morgan fingerprint density at radius 2 is 1.86 bits per heavy atom. The summed E-state index contributed by atoms with van der Waals surface area (Å²) in [7, 11) is 0. The van der Waals surface area contributed by atoms with Gasteiger partial charge < -0.3 is 19.8 Å². The molecule has 1 aromatic carbocycles. The number of benzene rings is 1. The summed E-state index contributed by atoms with van der Waals surface area (Å²) in [6.07, 6.45) is 9.40. The maximum absolute atomic E-state index is 14.4. The van der Waals surface area contributed by atoms with E-state index in [-0.39, 0.29) is 29.6 Å². The van der Waals surface area contributed by atoms with Crippen LogP contribution >= 0.6 is 11.8 Å². The molecular formula is C28H35N3O4S. The Balaban J connectivity index is 1.61. The summed E-state index contributed by atoms with van der Waals surface area (Å²) in [4.78, 5) is 47.5. The second-order valence-corrected chi connectivity index (χ2v) is 11.8. The number of aryl methyl sites for hydroxylation is 2. The van der Waals surface area contributed by atoms with E-state index in [9.17, 15) is 19.5 Å². The van der Waals surface area contributed by atoms with Gasteiger partial charge in [0.05, 0.1) is 16.6 Å². The lowest BCUT2D eigenvalue weighted by atomic mass is 9.78. The first kappa shape index (κ1) is 25.1. The van der Waals surface area contributed by atoms with E-state index in [1.165, 1.54) is 0 Å². The van der Waals surface area contributed by atoms with Gasteiger partial charge >= 0.3 is 0 Å². The molecule has 4 heterocycles. The summed E-state index contributed by atoms with van der Waals surface area (Å²) in [6, 6.07) is 5.34. The SMILES string of the molecule is CCCN1CC=C[C@@H]2S[C@]34C=CCN(c5cc(C)ccc5C)C(=O)C3N(CCCO)C(=O)[C@@H]4[C@@H]2C1=O. The van der Waals surface area contributed by atoms with Crippen molar-refractivity contribution in [2.45, 2.75) is 49.7 Å². The van der Waals surface area contributed by atoms with Crippen LogP contribution in [-0.4, -0.2) is 81.5 Å². The second kappa shape index (κ2) is 9.71. The molecule has 4 aliphatic rings. The Morgan fingerprint density at radius 3 is 2.61 bits per heavy atom. The van der Waals surface area contributed by atoms with Gasteiger partial charge in [0.2, 0.25) is 11.8 Å². The first-order valence-corrected chi connectivity index (χ1v) is 13.8. The van der Waals surface area contributed by atoms with Crippen molar-refractivity contribution in [3.05, 3.63) is 53.6 Å². The third-order valence-electron chi connectivity index (χ3n) is 7.95. The van der Waals surface area contributed by atoms with Crippen molar-refractivity contribution in [2.75, 3.05) is 37.7 Å². The number of aliphatic hydroxyl groups is 1. The highest BCUT2D eigenvalue weighted by Gasteiger charge is 2.70. The Labute approximate surface area is 217 Å². The average Bonchev–Trinajstić information content (AvgIpc) is 3.17. The van der Waals surface area contributed by atoms with Gasteiger partial charge in [0.15, 0.2) is 0 Å². The van der Waals surface area contributed by atoms with Crippen LogP contribution in [0.15, 0.2) is 42.5 Å². The molecule has 5 rings (SSSR count). The van der Waals surface area contributed by atoms with Crippen molar-refractivity contribution in [1.29, 1.82) is 0 Å². The zero-order valence-electron chi connectivity index (χ0n) is 21.2. The number of carbonyl (C=O) groups is 3. The van der Waals surface area contributed by atoms with Gasteiger partial charge in [-0.1, -0.05) is 43.4 Å². The lowest BCUT2D eigenvalue weighted by molar-refractivity contribution is -0.142. The zero-order chi connectivity index (χ0) is 25.6. The fraction of sp³-hybridized carbons (Fsp3) is 0.536. The molecule has 192 valence electrons. The normalized spacial score (nSPS) is 31.4. The molecule has 36 heavy (non-hydrogen) atoms. The number of likely N-dealkylation sites (tertiary alicyclic amines) is 1. The second-order valence-electron chi connectivity index (χ2n) is 10.3. The third kappa shape index (κ3) is 3.80. The minimum absolute atomic E-state index is 0.00816. The number of thioether (sulfide) groups is 1. The van der Waals surface area contributed by atoms with E-state index in [1.54, 1.807) is 21.6 Å². The van der Waals surface area contributed by atoms with Crippen molar-refractivity contribution in [2.24, 2.45) is 11.8 Å². The molecule has 1 N–H and O–H groups in total. The van der Waals surface area contributed by atoms with Crippen LogP contribution in [-0.2, 0) is 14.4 Å². The molecule has 0 aliphatic carbocycles. The number of carbonyl (C=O) groups excluding carboxylic acids is 3. The van der Waals surface area contributed by atoms with Gasteiger partial charge in [-0.15, -0.1) is 11.8 Å². The molecule has 2 fully saturated rings. The largest absolute Gasteiger partial charge is 0.396 e. The number of nitrogens with zero attached hydrogens (tertiary/aromatic N) is 3. The smallest absolute Gasteiger partial charge is 0.251 e. The summed E-state index contributed by atoms with van der Waals surface area (Å²) in [5, 5.41) is 9.41. The monoisotopic (exact) mass is 509 g/mol. The van der Waals surface area contributed by atoms with E-state index in [4.69, 9.17) is 0 Å². The molecule has 0 radical (unpaired) electrons. The first-order valence-electron chi connectivity index (χ1n) is 12.9. The van der Waals surface area contributed by atoms with Crippen LogP contribution < -0.4 is 4.90 Å². The molecule has 0 bridgehead atoms. The van der Waals surface area contributed by atoms with Crippen molar-refractivity contribution in [3.8, 4) is 0 Å². The van der Waals surface area contributed by atoms with E-state index < -0.39 is 22.6 Å². The van der Waals surface area contributed by atoms with E-state index in [2.05, 4.69) is 6.08 Å². The fourth-order valence-electron chi connectivity index (χ4n) is 6.37. The molecule has 1 aromatic rings. The highest BCUT2D eigenvalue weighted by Crippen LogP contribution is 2.61. The molecule has 8 heteroatoms. The number of aliphatic hydroxyl groups excluding tert-OH is 1. The molecule has 3 amide bonds. The van der Waals surface area contributed by atoms with Gasteiger partial charge in [-0.3, -0.25) is 14.4 Å². The third-order valence-corrected chi connectivity index (χ3v) is 9.69. The minimum atomic E-state index is -0.819. The Kier molecular flexibility index (Phi) is 6.76. The van der Waals surface area contributed by atoms with Crippen LogP contribution in [0.3, 0.4) is 0 Å². The van der Waals surface area contributed by atoms with Gasteiger partial charge in [0, 0.05) is 43.7 Å². The quantitative estimate of drug-likeness (QED) is 0.597. The highest BCUT2D eigenvalue weighted by atomic mass is 32.2. The molecule has 7 nitrogen and oxygen atoms in total. The summed E-state index contributed by atoms with van der Waals surface area (Å²) >= 11 is 1.60. The van der Waals surface area contributed by atoms with Crippen LogP contribution in [0.2, 0.25) is 0 Å². The topological polar surface area (TPSA) is 81.2 Å². The van der Waals surface area contributed by atoms with Crippen LogP contribution in [0, 0.1) is 25.7 Å². The predicted molar refractivity (Wildman–Crippen MR) is 142 cm³/mol. The van der Waals surface area contributed by atoms with Crippen LogP contribution in [0.1, 0.15) is 30.9 Å². The maximum Gasteiger partial charge on any atom is 0.251 e. The lowest BCUT2D eigenvalue weighted by Crippen LogP contribution is -2.53. The van der Waals surface area contributed by atoms with Gasteiger partial charge in [-0.2, -0.15) is 0 Å². The van der Waals surface area contributed by atoms with Gasteiger partial charge in [0.25, 0.3) is 5.91 Å². The van der Waals surface area contributed by atoms with E-state index in [0.29, 0.717) is 32.6 Å². The standard InChI is InChI=1S/C28H35N3O4S/c1-4-12-29-13-5-8-21-22(25(29)33)23-26(34)31(15-7-16-32)24-27(35)30(14-6-11-28(23,24)36-21)20-17-18(2)9-10-19(20)3/h5-6,8-11,17,21-24,32H,4,7,12-16H2,1-3H3/t21-,22+,23-,24?,28-/m0/s1. The fourth-order valence-corrected chi connectivity index (χ4v) is 8.37. The summed E-state index contributed by atoms with van der Waals surface area (Å²) in [5.74, 6) is -1.36. The maximum atomic E-state index is 14.4. The van der Waals surface area contributed by atoms with E-state index >= 15 is 0 Å². The van der Waals surface area contributed by atoms with Crippen molar-refractivity contribution < 1.29 is 19.5 Å². The predicted octanol–water partition coefficient (Wildman–Crippen LogP) is 2.69. The van der Waals surface area contributed by atoms with E-state index in [1.807, 2.05) is 62.1 Å². The van der Waals surface area contributed by atoms with Crippen molar-refractivity contribution in [3.63, 3.8) is 0 Å². The Morgan fingerprint density at radius 1 is 1.06 bits per heavy atom. The van der Waals surface area contributed by atoms with Gasteiger partial charge in [-0.05, 0) is 43.9 Å². The molecular weight excluding hydrogens is 474 g/mol. The summed E-state index contributed by atoms with van der Waals surface area (Å²) in [5.41, 5.74) is 2.91. The van der Waals surface area contributed by atoms with Crippen molar-refractivity contribution in [1.82, 2.24) is 9.80 Å². The molecule has 4 aliphatic heterocycles. The average molecular weight is 510 g/mol. The Bertz CT molecular complexity index is 1130. The van der Waals surface area contributed by atoms with Crippen LogP contribution in [0.4, 0.5) is 5.69 Å². The molecule has 0 aromatic heterocycles. The summed E-state index contributed by atoms with van der Waals surface area (Å²) < 4.78 is -0.819. The number of hydrogen-bond acceptors (Lipinski definition) is 5. The van der Waals surface area contributed by atoms with E-state index in [0.717, 1.165) is 23.2 Å². The summed E-state index contributed by atoms with van der Waals surface area (Å²) in [6.45, 7) is 7.89. The number of hydrogen-bond donors (Lipinski definition) is 1. The molecule has 5 atom stereocenters. The molecule has 0 saturated carbocycles. The lowest BCUT2D eigenvalue weighted by Gasteiger charge is -2.35. The van der Waals surface area contributed by atoms with Gasteiger partial charge in [-0.25, -0.2) is 0 Å².